The van der Waals surface area contributed by atoms with Crippen LogP contribution in [0, 0.1) is 0 Å². The van der Waals surface area contributed by atoms with E-state index >= 15 is 0 Å². The van der Waals surface area contributed by atoms with Gasteiger partial charge in [0.1, 0.15) is 31.0 Å². The highest BCUT2D eigenvalue weighted by atomic mass is 16.6. The quantitative estimate of drug-likeness (QED) is 0.254. The van der Waals surface area contributed by atoms with E-state index in [4.69, 9.17) is 10.8 Å². The smallest absolute Gasteiger partial charge is 0.305 e. The van der Waals surface area contributed by atoms with Gasteiger partial charge >= 0.3 is 5.97 Å². The van der Waals surface area contributed by atoms with Gasteiger partial charge in [0.15, 0.2) is 0 Å². The Hall–Kier alpha value is -0.690. The van der Waals surface area contributed by atoms with Crippen molar-refractivity contribution < 1.29 is 31.0 Å². The monoisotopic (exact) mass is 403 g/mol. The summed E-state index contributed by atoms with van der Waals surface area (Å²) in [5.41, 5.74) is 0. The van der Waals surface area contributed by atoms with E-state index < -0.39 is 24.4 Å². The number of hydrogen-bond donors (Lipinski definition) is 3. The van der Waals surface area contributed by atoms with Crippen LogP contribution in [-0.4, -0.2) is 58.9 Å². The molecule has 0 amide bonds. The van der Waals surface area contributed by atoms with Crippen molar-refractivity contribution in [3.8, 4) is 0 Å². The highest BCUT2D eigenvalue weighted by molar-refractivity contribution is 5.69. The lowest BCUT2D eigenvalue weighted by Gasteiger charge is -2.20. The average Bonchev–Trinajstić information content (AvgIpc) is 3.05. The molecule has 1 saturated heterocycles. The molecule has 0 aromatic carbocycles. The lowest BCUT2D eigenvalue weighted by Crippen LogP contribution is -2.41. The van der Waals surface area contributed by atoms with E-state index in [2.05, 4.69) is 0 Å². The molecule has 0 radical (unpaired) electrons. The van der Waals surface area contributed by atoms with Crippen LogP contribution in [0.3, 0.4) is 0 Å². The number of unbranched alkanes of at least 4 members (excludes halogenated alkanes) is 12. The summed E-state index contributed by atoms with van der Waals surface area (Å²) in [6.45, 7) is 0.318. The Morgan fingerprint density at radius 3 is 2.04 bits per heavy atom. The van der Waals surface area contributed by atoms with Gasteiger partial charge in [-0.15, -0.1) is 0 Å². The van der Waals surface area contributed by atoms with Gasteiger partial charge in [0, 0.05) is 7.79 Å². The fourth-order valence-corrected chi connectivity index (χ4v) is 3.52. The summed E-state index contributed by atoms with van der Waals surface area (Å²) >= 11 is 0. The Bertz CT molecular complexity index is 409. The molecule has 1 rings (SSSR count). The Kier molecular flexibility index (Phi) is 13.6. The van der Waals surface area contributed by atoms with Crippen LogP contribution < -0.4 is 0 Å². The number of carbonyl (C=O) groups excluding carboxylic acids is 1. The first-order valence-electron chi connectivity index (χ1n) is 11.9. The highest BCUT2D eigenvalue weighted by Crippen LogP contribution is 2.18. The molecule has 0 bridgehead atoms. The normalized spacial score (nSPS) is 23.5. The van der Waals surface area contributed by atoms with Crippen LogP contribution in [0.4, 0.5) is 0 Å². The molecular weight excluding hydrogens is 360 g/mol. The molecule has 0 unspecified atom stereocenters. The van der Waals surface area contributed by atoms with Gasteiger partial charge in [-0.25, -0.2) is 0 Å². The summed E-state index contributed by atoms with van der Waals surface area (Å²) in [7, 11) is 0. The van der Waals surface area contributed by atoms with E-state index in [-0.39, 0.29) is 19.2 Å². The molecule has 0 saturated carbocycles. The van der Waals surface area contributed by atoms with Gasteiger partial charge in [0.25, 0.3) is 0 Å². The number of hydrogen-bond acceptors (Lipinski definition) is 6. The number of carbonyl (C=O) groups is 1. The number of aliphatic hydroxyl groups excluding tert-OH is 3. The third-order valence-corrected chi connectivity index (χ3v) is 5.37. The van der Waals surface area contributed by atoms with Crippen molar-refractivity contribution in [2.24, 2.45) is 0 Å². The topological polar surface area (TPSA) is 96.2 Å². The number of esters is 1. The lowest BCUT2D eigenvalue weighted by atomic mass is 10.0. The maximum absolute atomic E-state index is 11.7. The van der Waals surface area contributed by atoms with Crippen molar-refractivity contribution in [2.75, 3.05) is 13.2 Å². The summed E-state index contributed by atoms with van der Waals surface area (Å²) in [5, 5.41) is 28.9. The number of aliphatic hydroxyl groups is 3. The van der Waals surface area contributed by atoms with Crippen LogP contribution in [0.25, 0.3) is 0 Å². The minimum Gasteiger partial charge on any atom is -0.463 e. The predicted molar refractivity (Wildman–Crippen MR) is 109 cm³/mol. The zero-order chi connectivity index (χ0) is 21.3. The SMILES string of the molecule is [2H]CCCCCCCCCCCCCCCC(=O)OC[C@@H](O)[C@H]1OC[C@H](O)[C@H]1O. The van der Waals surface area contributed by atoms with Crippen molar-refractivity contribution in [2.45, 2.75) is 121 Å². The molecular formula is C22H42O6. The summed E-state index contributed by atoms with van der Waals surface area (Å²) in [6, 6.07) is 0. The van der Waals surface area contributed by atoms with E-state index in [0.717, 1.165) is 25.7 Å². The van der Waals surface area contributed by atoms with Gasteiger partial charge in [0.05, 0.1) is 6.61 Å². The Labute approximate surface area is 172 Å². The zero-order valence-electron chi connectivity index (χ0n) is 18.4. The average molecular weight is 404 g/mol. The van der Waals surface area contributed by atoms with E-state index in [1.54, 1.807) is 0 Å². The van der Waals surface area contributed by atoms with Gasteiger partial charge in [-0.3, -0.25) is 4.79 Å². The largest absolute Gasteiger partial charge is 0.463 e. The molecule has 6 heteroatoms. The van der Waals surface area contributed by atoms with Gasteiger partial charge in [-0.1, -0.05) is 83.9 Å². The van der Waals surface area contributed by atoms with Gasteiger partial charge in [-0.05, 0) is 6.42 Å². The molecule has 0 aromatic rings. The molecule has 0 spiro atoms. The van der Waals surface area contributed by atoms with Crippen molar-refractivity contribution >= 4 is 5.97 Å². The zero-order valence-corrected chi connectivity index (χ0v) is 17.4. The molecule has 0 aromatic heterocycles. The van der Waals surface area contributed by atoms with Crippen LogP contribution in [-0.2, 0) is 14.3 Å². The standard InChI is InChI=1S/C22H42O6/c1-2-3-4-5-6-7-8-9-10-11-12-13-14-15-20(25)27-17-19(24)22-21(26)18(23)16-28-22/h18-19,21-24,26H,2-17H2,1H3/t18-,19+,21+,22+/m0/s1/i1D. The molecule has 166 valence electrons. The second kappa shape index (κ2) is 16.1. The molecule has 28 heavy (non-hydrogen) atoms. The molecule has 1 aliphatic heterocycles. The molecule has 1 aliphatic rings. The predicted octanol–water partition coefficient (Wildman–Crippen LogP) is 3.49. The van der Waals surface area contributed by atoms with Crippen molar-refractivity contribution in [3.63, 3.8) is 0 Å². The summed E-state index contributed by atoms with van der Waals surface area (Å²) in [6.07, 6.45) is 11.6. The fourth-order valence-electron chi connectivity index (χ4n) is 3.52. The first-order chi connectivity index (χ1) is 14.1. The first kappa shape index (κ1) is 23.6. The maximum atomic E-state index is 11.7. The highest BCUT2D eigenvalue weighted by Gasteiger charge is 2.39. The van der Waals surface area contributed by atoms with Crippen molar-refractivity contribution in [3.05, 3.63) is 0 Å². The Balaban J connectivity index is 1.84. The molecule has 4 atom stereocenters. The minimum atomic E-state index is -1.15. The van der Waals surface area contributed by atoms with Crippen molar-refractivity contribution in [1.82, 2.24) is 0 Å². The second-order valence-corrected chi connectivity index (χ2v) is 7.95. The minimum absolute atomic E-state index is 0.0236. The molecule has 3 N–H and O–H groups in total. The van der Waals surface area contributed by atoms with Crippen LogP contribution in [0.1, 0.15) is 98.2 Å². The summed E-state index contributed by atoms with van der Waals surface area (Å²) in [4.78, 5) is 11.7. The van der Waals surface area contributed by atoms with E-state index in [1.807, 2.05) is 0 Å². The van der Waals surface area contributed by atoms with Gasteiger partial charge in [-0.2, -0.15) is 0 Å². The van der Waals surface area contributed by atoms with Gasteiger partial charge in [0.2, 0.25) is 0 Å². The molecule has 0 aliphatic carbocycles. The van der Waals surface area contributed by atoms with E-state index in [0.29, 0.717) is 13.3 Å². The van der Waals surface area contributed by atoms with Gasteiger partial charge < -0.3 is 24.8 Å². The first-order valence-corrected chi connectivity index (χ1v) is 11.2. The van der Waals surface area contributed by atoms with Crippen LogP contribution >= 0.6 is 0 Å². The third-order valence-electron chi connectivity index (χ3n) is 5.37. The summed E-state index contributed by atoms with van der Waals surface area (Å²) < 4.78 is 17.3. The van der Waals surface area contributed by atoms with E-state index in [9.17, 15) is 20.1 Å². The van der Waals surface area contributed by atoms with Crippen LogP contribution in [0.2, 0.25) is 0 Å². The number of rotatable bonds is 17. The second-order valence-electron chi connectivity index (χ2n) is 7.95. The molecule has 1 fully saturated rings. The van der Waals surface area contributed by atoms with Crippen molar-refractivity contribution in [1.29, 1.82) is 0 Å². The van der Waals surface area contributed by atoms with Crippen LogP contribution in [0.5, 0.6) is 0 Å². The Morgan fingerprint density at radius 1 is 1.00 bits per heavy atom. The molecule has 6 nitrogen and oxygen atoms in total. The third kappa shape index (κ3) is 11.3. The van der Waals surface area contributed by atoms with E-state index in [1.165, 1.54) is 57.8 Å². The lowest BCUT2D eigenvalue weighted by molar-refractivity contribution is -0.151. The fraction of sp³-hybridized carbons (Fsp3) is 0.955. The maximum Gasteiger partial charge on any atom is 0.305 e. The number of ether oxygens (including phenoxy) is 2. The van der Waals surface area contributed by atoms with Crippen LogP contribution in [0.15, 0.2) is 0 Å². The Morgan fingerprint density at radius 2 is 1.54 bits per heavy atom. The summed E-state index contributed by atoms with van der Waals surface area (Å²) in [5.74, 6) is -0.347. The molecule has 1 heterocycles.